The van der Waals surface area contributed by atoms with Gasteiger partial charge in [-0.05, 0) is 11.6 Å². The summed E-state index contributed by atoms with van der Waals surface area (Å²) in [5.41, 5.74) is 0. The van der Waals surface area contributed by atoms with Crippen LogP contribution in [-0.2, 0) is 4.79 Å². The lowest BCUT2D eigenvalue weighted by Gasteiger charge is -2.07. The number of hydrogen-bond acceptors (Lipinski definition) is 2. The van der Waals surface area contributed by atoms with Crippen molar-refractivity contribution in [3.8, 4) is 0 Å². The molecule has 0 saturated carbocycles. The first-order chi connectivity index (χ1) is 4.09. The molecule has 0 rings (SSSR count). The number of carbonyl (C=O) groups is 2. The minimum Gasteiger partial charge on any atom is -0.273 e. The first-order valence-corrected chi connectivity index (χ1v) is 3.02. The fourth-order valence-corrected chi connectivity index (χ4v) is 0.461. The molecule has 0 fully saturated rings. The zero-order valence-electron chi connectivity index (χ0n) is 4.73. The van der Waals surface area contributed by atoms with Crippen LogP contribution in [0.2, 0.25) is 0 Å². The molecule has 0 radical (unpaired) electrons. The normalized spacial score (nSPS) is 8.78. The highest BCUT2D eigenvalue weighted by Gasteiger charge is 2.11. The van der Waals surface area contributed by atoms with Crippen molar-refractivity contribution in [2.75, 3.05) is 12.9 Å². The largest absolute Gasteiger partial charge is 0.322 e. The number of carbonyl (C=O) groups excluding carboxylic acids is 2. The Bertz CT molecular complexity index is 137. The Kier molecular flexibility index (Phi) is 3.58. The van der Waals surface area contributed by atoms with E-state index in [1.165, 1.54) is 7.05 Å². The number of halogens is 2. The van der Waals surface area contributed by atoms with Crippen LogP contribution < -0.4 is 0 Å². The van der Waals surface area contributed by atoms with Gasteiger partial charge in [-0.3, -0.25) is 14.5 Å². The summed E-state index contributed by atoms with van der Waals surface area (Å²) in [5, 5.41) is -0.819. The van der Waals surface area contributed by atoms with E-state index in [0.29, 0.717) is 0 Å². The summed E-state index contributed by atoms with van der Waals surface area (Å²) < 4.78 is 0. The SMILES string of the molecule is CN(C(=O)Cl)C(=O)CCl. The molecular formula is C4H5Cl2NO2. The second kappa shape index (κ2) is 3.69. The number of nitrogens with zero attached hydrogens (tertiary/aromatic N) is 1. The van der Waals surface area contributed by atoms with Gasteiger partial charge in [-0.1, -0.05) is 0 Å². The van der Waals surface area contributed by atoms with Gasteiger partial charge >= 0.3 is 5.37 Å². The van der Waals surface area contributed by atoms with E-state index in [-0.39, 0.29) is 5.88 Å². The smallest absolute Gasteiger partial charge is 0.273 e. The maximum absolute atomic E-state index is 10.4. The molecule has 5 heteroatoms. The summed E-state index contributed by atoms with van der Waals surface area (Å²) >= 11 is 10.00. The van der Waals surface area contributed by atoms with Crippen LogP contribution in [0.5, 0.6) is 0 Å². The minimum absolute atomic E-state index is 0.227. The van der Waals surface area contributed by atoms with Gasteiger partial charge in [-0.15, -0.1) is 11.6 Å². The number of hydrogen-bond donors (Lipinski definition) is 0. The Morgan fingerprint density at radius 3 is 2.11 bits per heavy atom. The van der Waals surface area contributed by atoms with E-state index in [1.807, 2.05) is 0 Å². The van der Waals surface area contributed by atoms with Crippen LogP contribution in [-0.4, -0.2) is 29.1 Å². The number of imide groups is 1. The molecule has 0 aromatic heterocycles. The van der Waals surface area contributed by atoms with Gasteiger partial charge in [0, 0.05) is 7.05 Å². The molecular weight excluding hydrogens is 165 g/mol. The maximum Gasteiger partial charge on any atom is 0.322 e. The summed E-state index contributed by atoms with van der Waals surface area (Å²) in [6.45, 7) is 0. The highest BCUT2D eigenvalue weighted by Crippen LogP contribution is 1.93. The highest BCUT2D eigenvalue weighted by molar-refractivity contribution is 6.64. The van der Waals surface area contributed by atoms with Crippen molar-refractivity contribution in [3.63, 3.8) is 0 Å². The highest BCUT2D eigenvalue weighted by atomic mass is 35.5. The molecule has 0 aromatic rings. The van der Waals surface area contributed by atoms with Gasteiger partial charge in [0.1, 0.15) is 5.88 Å². The fourth-order valence-electron chi connectivity index (χ4n) is 0.188. The Morgan fingerprint density at radius 2 is 2.00 bits per heavy atom. The molecule has 0 atom stereocenters. The average molecular weight is 170 g/mol. The maximum atomic E-state index is 10.4. The fraction of sp³-hybridized carbons (Fsp3) is 0.500. The second-order valence-corrected chi connectivity index (χ2v) is 1.93. The molecule has 0 bridgehead atoms. The van der Waals surface area contributed by atoms with E-state index in [1.54, 1.807) is 0 Å². The average Bonchev–Trinajstić information content (AvgIpc) is 1.84. The molecule has 0 aliphatic heterocycles. The first-order valence-electron chi connectivity index (χ1n) is 2.11. The van der Waals surface area contributed by atoms with Crippen molar-refractivity contribution in [1.82, 2.24) is 4.90 Å². The minimum atomic E-state index is -0.819. The predicted molar refractivity (Wildman–Crippen MR) is 34.7 cm³/mol. The van der Waals surface area contributed by atoms with E-state index in [4.69, 9.17) is 23.2 Å². The van der Waals surface area contributed by atoms with E-state index in [2.05, 4.69) is 0 Å². The van der Waals surface area contributed by atoms with Crippen molar-refractivity contribution in [1.29, 1.82) is 0 Å². The van der Waals surface area contributed by atoms with Crippen LogP contribution in [0.1, 0.15) is 0 Å². The van der Waals surface area contributed by atoms with Gasteiger partial charge in [0.25, 0.3) is 0 Å². The summed E-state index contributed by atoms with van der Waals surface area (Å²) in [6.07, 6.45) is 0. The zero-order chi connectivity index (χ0) is 7.44. The zero-order valence-corrected chi connectivity index (χ0v) is 6.24. The van der Waals surface area contributed by atoms with Crippen LogP contribution in [0.15, 0.2) is 0 Å². The van der Waals surface area contributed by atoms with Gasteiger partial charge in [0.2, 0.25) is 5.91 Å². The summed E-state index contributed by atoms with van der Waals surface area (Å²) in [6, 6.07) is 0. The molecule has 0 saturated heterocycles. The van der Waals surface area contributed by atoms with Crippen molar-refractivity contribution in [2.45, 2.75) is 0 Å². The standard InChI is InChI=1S/C4H5Cl2NO2/c1-7(4(6)9)3(8)2-5/h2H2,1H3. The summed E-state index contributed by atoms with van der Waals surface area (Å²) in [4.78, 5) is 21.3. The lowest BCUT2D eigenvalue weighted by atomic mass is 10.6. The van der Waals surface area contributed by atoms with Gasteiger partial charge in [-0.2, -0.15) is 0 Å². The second-order valence-electron chi connectivity index (χ2n) is 1.34. The first kappa shape index (κ1) is 8.72. The Morgan fingerprint density at radius 1 is 1.56 bits per heavy atom. The van der Waals surface area contributed by atoms with Crippen molar-refractivity contribution in [3.05, 3.63) is 0 Å². The van der Waals surface area contributed by atoms with Crippen LogP contribution in [0.3, 0.4) is 0 Å². The summed E-state index contributed by atoms with van der Waals surface area (Å²) in [5.74, 6) is -0.730. The molecule has 0 unspecified atom stereocenters. The third kappa shape index (κ3) is 2.67. The molecule has 0 heterocycles. The molecule has 0 aliphatic carbocycles. The molecule has 0 N–H and O–H groups in total. The van der Waals surface area contributed by atoms with Crippen LogP contribution in [0.4, 0.5) is 4.79 Å². The Hall–Kier alpha value is -0.280. The van der Waals surface area contributed by atoms with Crippen molar-refractivity contribution >= 4 is 34.5 Å². The topological polar surface area (TPSA) is 37.4 Å². The van der Waals surface area contributed by atoms with Crippen molar-refractivity contribution < 1.29 is 9.59 Å². The third-order valence-corrected chi connectivity index (χ3v) is 1.23. The molecule has 0 spiro atoms. The quantitative estimate of drug-likeness (QED) is 0.335. The number of rotatable bonds is 1. The predicted octanol–water partition coefficient (Wildman–Crippen LogP) is 1.04. The molecule has 0 aromatic carbocycles. The Balaban J connectivity index is 3.88. The van der Waals surface area contributed by atoms with Gasteiger partial charge in [0.05, 0.1) is 0 Å². The monoisotopic (exact) mass is 169 g/mol. The number of amides is 2. The molecule has 52 valence electrons. The van der Waals surface area contributed by atoms with Gasteiger partial charge in [0.15, 0.2) is 0 Å². The molecule has 3 nitrogen and oxygen atoms in total. The van der Waals surface area contributed by atoms with E-state index in [0.717, 1.165) is 4.90 Å². The Labute approximate surface area is 62.5 Å². The third-order valence-electron chi connectivity index (χ3n) is 0.752. The van der Waals surface area contributed by atoms with E-state index in [9.17, 15) is 9.59 Å². The van der Waals surface area contributed by atoms with Gasteiger partial charge < -0.3 is 0 Å². The molecule has 0 aliphatic rings. The van der Waals surface area contributed by atoms with Crippen LogP contribution in [0.25, 0.3) is 0 Å². The lowest BCUT2D eigenvalue weighted by Crippen LogP contribution is -2.29. The summed E-state index contributed by atoms with van der Waals surface area (Å²) in [7, 11) is 1.26. The number of alkyl halides is 1. The lowest BCUT2D eigenvalue weighted by molar-refractivity contribution is -0.124. The van der Waals surface area contributed by atoms with E-state index >= 15 is 0 Å². The van der Waals surface area contributed by atoms with Crippen LogP contribution in [0, 0.1) is 0 Å². The molecule has 2 amide bonds. The van der Waals surface area contributed by atoms with E-state index < -0.39 is 11.3 Å². The molecule has 9 heavy (non-hydrogen) atoms. The van der Waals surface area contributed by atoms with Crippen molar-refractivity contribution in [2.24, 2.45) is 0 Å². The van der Waals surface area contributed by atoms with Gasteiger partial charge in [-0.25, -0.2) is 0 Å². The van der Waals surface area contributed by atoms with Crippen LogP contribution >= 0.6 is 23.2 Å².